The second-order valence-corrected chi connectivity index (χ2v) is 4.15. The van der Waals surface area contributed by atoms with Crippen LogP contribution in [0, 0.1) is 19.7 Å². The lowest BCUT2D eigenvalue weighted by molar-refractivity contribution is 0.102. The molecule has 1 aromatic heterocycles. The third-order valence-corrected chi connectivity index (χ3v) is 2.53. The highest BCUT2D eigenvalue weighted by molar-refractivity contribution is 6.31. The molecule has 0 unspecified atom stereocenters. The second kappa shape index (κ2) is 4.78. The number of rotatable bonds is 2. The Labute approximate surface area is 108 Å². The number of carbonyl (C=O) groups is 1. The van der Waals surface area contributed by atoms with Crippen LogP contribution < -0.4 is 5.32 Å². The summed E-state index contributed by atoms with van der Waals surface area (Å²) in [6.07, 6.45) is 0. The van der Waals surface area contributed by atoms with Crippen molar-refractivity contribution < 1.29 is 13.6 Å². The van der Waals surface area contributed by atoms with E-state index in [1.54, 1.807) is 13.8 Å². The number of aryl methyl sites for hydroxylation is 2. The lowest BCUT2D eigenvalue weighted by Crippen LogP contribution is -2.14. The van der Waals surface area contributed by atoms with Crippen LogP contribution in [0.4, 0.5) is 10.1 Å². The summed E-state index contributed by atoms with van der Waals surface area (Å²) in [7, 11) is 0. The smallest absolute Gasteiger partial charge is 0.277 e. The highest BCUT2D eigenvalue weighted by Gasteiger charge is 2.17. The maximum Gasteiger partial charge on any atom is 0.277 e. The van der Waals surface area contributed by atoms with Crippen molar-refractivity contribution in [2.24, 2.45) is 0 Å². The van der Waals surface area contributed by atoms with Gasteiger partial charge < -0.3 is 9.73 Å². The molecular weight excluding hydrogens is 259 g/mol. The quantitative estimate of drug-likeness (QED) is 0.909. The molecule has 0 fully saturated rings. The minimum absolute atomic E-state index is 0.00699. The molecule has 0 atom stereocenters. The van der Waals surface area contributed by atoms with E-state index in [0.717, 1.165) is 0 Å². The molecule has 2 aromatic rings. The highest BCUT2D eigenvalue weighted by Crippen LogP contribution is 2.20. The average Bonchev–Trinajstić information content (AvgIpc) is 2.63. The van der Waals surface area contributed by atoms with Crippen LogP contribution in [0.3, 0.4) is 0 Å². The fourth-order valence-corrected chi connectivity index (χ4v) is 1.69. The van der Waals surface area contributed by atoms with Gasteiger partial charge in [-0.15, -0.1) is 0 Å². The van der Waals surface area contributed by atoms with Crippen LogP contribution in [-0.4, -0.2) is 10.9 Å². The van der Waals surface area contributed by atoms with E-state index in [4.69, 9.17) is 16.0 Å². The van der Waals surface area contributed by atoms with Gasteiger partial charge in [-0.3, -0.25) is 4.79 Å². The first-order valence-corrected chi connectivity index (χ1v) is 5.55. The molecular formula is C12H10ClFN2O2. The SMILES string of the molecule is Cc1nc(C(=O)Nc2cc(Cl)ccc2F)c(C)o1. The summed E-state index contributed by atoms with van der Waals surface area (Å²) in [6, 6.07) is 3.91. The fraction of sp³-hybridized carbons (Fsp3) is 0.167. The number of nitrogens with one attached hydrogen (secondary N) is 1. The Kier molecular flexibility index (Phi) is 3.34. The van der Waals surface area contributed by atoms with Crippen LogP contribution in [-0.2, 0) is 0 Å². The van der Waals surface area contributed by atoms with E-state index in [9.17, 15) is 9.18 Å². The molecule has 0 saturated carbocycles. The molecule has 0 spiro atoms. The minimum atomic E-state index is -0.564. The predicted octanol–water partition coefficient (Wildman–Crippen LogP) is 3.34. The standard InChI is InChI=1S/C12H10ClFN2O2/c1-6-11(15-7(2)18-6)12(17)16-10-5-8(13)3-4-9(10)14/h3-5H,1-2H3,(H,16,17). The number of carbonyl (C=O) groups excluding carboxylic acids is 1. The molecule has 0 bridgehead atoms. The zero-order chi connectivity index (χ0) is 13.3. The van der Waals surface area contributed by atoms with Gasteiger partial charge in [0, 0.05) is 11.9 Å². The van der Waals surface area contributed by atoms with Crippen molar-refractivity contribution >= 4 is 23.2 Å². The van der Waals surface area contributed by atoms with Gasteiger partial charge in [-0.2, -0.15) is 0 Å². The number of aromatic nitrogens is 1. The van der Waals surface area contributed by atoms with Gasteiger partial charge in [0.15, 0.2) is 11.6 Å². The first-order chi connectivity index (χ1) is 8.47. The van der Waals surface area contributed by atoms with E-state index in [-0.39, 0.29) is 11.4 Å². The number of amides is 1. The molecule has 2 rings (SSSR count). The summed E-state index contributed by atoms with van der Waals surface area (Å²) in [5.74, 6) is -0.340. The van der Waals surface area contributed by atoms with Gasteiger partial charge in [-0.1, -0.05) is 11.6 Å². The van der Waals surface area contributed by atoms with Crippen molar-refractivity contribution in [3.63, 3.8) is 0 Å². The zero-order valence-electron chi connectivity index (χ0n) is 9.75. The lowest BCUT2D eigenvalue weighted by atomic mass is 10.3. The number of anilines is 1. The topological polar surface area (TPSA) is 55.1 Å². The minimum Gasteiger partial charge on any atom is -0.445 e. The average molecular weight is 269 g/mol. The van der Waals surface area contributed by atoms with Crippen molar-refractivity contribution in [3.8, 4) is 0 Å². The largest absolute Gasteiger partial charge is 0.445 e. The van der Waals surface area contributed by atoms with Crippen molar-refractivity contribution in [1.29, 1.82) is 0 Å². The van der Waals surface area contributed by atoms with Gasteiger partial charge in [0.25, 0.3) is 5.91 Å². The number of halogens is 2. The Morgan fingerprint density at radius 3 is 2.78 bits per heavy atom. The Bertz CT molecular complexity index is 610. The van der Waals surface area contributed by atoms with Crippen molar-refractivity contribution in [3.05, 3.63) is 46.4 Å². The molecule has 0 aliphatic rings. The Balaban J connectivity index is 2.26. The Hall–Kier alpha value is -1.88. The third kappa shape index (κ3) is 2.51. The monoisotopic (exact) mass is 268 g/mol. The van der Waals surface area contributed by atoms with E-state index in [0.29, 0.717) is 16.7 Å². The second-order valence-electron chi connectivity index (χ2n) is 3.72. The van der Waals surface area contributed by atoms with Gasteiger partial charge in [0.05, 0.1) is 5.69 Å². The normalized spacial score (nSPS) is 10.4. The van der Waals surface area contributed by atoms with E-state index in [1.807, 2.05) is 0 Å². The van der Waals surface area contributed by atoms with Crippen molar-refractivity contribution in [1.82, 2.24) is 4.98 Å². The van der Waals surface area contributed by atoms with Gasteiger partial charge >= 0.3 is 0 Å². The molecule has 4 nitrogen and oxygen atoms in total. The third-order valence-electron chi connectivity index (χ3n) is 2.30. The first kappa shape index (κ1) is 12.6. The molecule has 1 N–H and O–H groups in total. The summed E-state index contributed by atoms with van der Waals surface area (Å²) in [5.41, 5.74) is 0.138. The molecule has 0 saturated heterocycles. The lowest BCUT2D eigenvalue weighted by Gasteiger charge is -2.05. The van der Waals surface area contributed by atoms with Gasteiger partial charge in [-0.05, 0) is 25.1 Å². The summed E-state index contributed by atoms with van der Waals surface area (Å²) in [6.45, 7) is 3.24. The molecule has 1 amide bonds. The van der Waals surface area contributed by atoms with Crippen molar-refractivity contribution in [2.75, 3.05) is 5.32 Å². The Morgan fingerprint density at radius 1 is 1.44 bits per heavy atom. The molecule has 6 heteroatoms. The van der Waals surface area contributed by atoms with E-state index in [1.165, 1.54) is 18.2 Å². The summed E-state index contributed by atoms with van der Waals surface area (Å²) < 4.78 is 18.6. The van der Waals surface area contributed by atoms with Crippen molar-refractivity contribution in [2.45, 2.75) is 13.8 Å². The number of hydrogen-bond acceptors (Lipinski definition) is 3. The maximum absolute atomic E-state index is 13.4. The molecule has 1 heterocycles. The Morgan fingerprint density at radius 2 is 2.17 bits per heavy atom. The molecule has 18 heavy (non-hydrogen) atoms. The van der Waals surface area contributed by atoms with E-state index in [2.05, 4.69) is 10.3 Å². The fourth-order valence-electron chi connectivity index (χ4n) is 1.51. The molecule has 94 valence electrons. The number of oxazole rings is 1. The number of hydrogen-bond donors (Lipinski definition) is 1. The number of benzene rings is 1. The first-order valence-electron chi connectivity index (χ1n) is 5.18. The summed E-state index contributed by atoms with van der Waals surface area (Å²) in [5, 5.41) is 2.73. The van der Waals surface area contributed by atoms with Crippen LogP contribution >= 0.6 is 11.6 Å². The number of nitrogens with zero attached hydrogens (tertiary/aromatic N) is 1. The molecule has 1 aromatic carbocycles. The molecule has 0 radical (unpaired) electrons. The van der Waals surface area contributed by atoms with E-state index >= 15 is 0 Å². The van der Waals surface area contributed by atoms with Crippen LogP contribution in [0.1, 0.15) is 22.1 Å². The predicted molar refractivity (Wildman–Crippen MR) is 65.3 cm³/mol. The van der Waals surface area contributed by atoms with E-state index < -0.39 is 11.7 Å². The van der Waals surface area contributed by atoms with Crippen LogP contribution in [0.25, 0.3) is 0 Å². The van der Waals surface area contributed by atoms with Crippen LogP contribution in [0.15, 0.2) is 22.6 Å². The van der Waals surface area contributed by atoms with Gasteiger partial charge in [0.1, 0.15) is 11.6 Å². The molecule has 0 aliphatic carbocycles. The summed E-state index contributed by atoms with van der Waals surface area (Å²) in [4.78, 5) is 15.8. The van der Waals surface area contributed by atoms with Crippen LogP contribution in [0.5, 0.6) is 0 Å². The maximum atomic E-state index is 13.4. The zero-order valence-corrected chi connectivity index (χ0v) is 10.5. The summed E-state index contributed by atoms with van der Waals surface area (Å²) >= 11 is 5.73. The van der Waals surface area contributed by atoms with Gasteiger partial charge in [-0.25, -0.2) is 9.37 Å². The highest BCUT2D eigenvalue weighted by atomic mass is 35.5. The molecule has 0 aliphatic heterocycles. The van der Waals surface area contributed by atoms with Gasteiger partial charge in [0.2, 0.25) is 0 Å². The van der Waals surface area contributed by atoms with Crippen LogP contribution in [0.2, 0.25) is 5.02 Å².